The molecule has 20 heavy (non-hydrogen) atoms. The number of nitro benzene ring substituents is 1. The molecule has 1 N–H and O–H groups in total. The van der Waals surface area contributed by atoms with Crippen LogP contribution in [0.15, 0.2) is 24.3 Å². The van der Waals surface area contributed by atoms with Gasteiger partial charge in [0, 0.05) is 25.7 Å². The molecule has 3 rings (SSSR count). The normalized spacial score (nSPS) is 21.9. The lowest BCUT2D eigenvalue weighted by Gasteiger charge is -2.50. The summed E-state index contributed by atoms with van der Waals surface area (Å²) in [5.41, 5.74) is 1.10. The van der Waals surface area contributed by atoms with Crippen LogP contribution in [0.25, 0.3) is 0 Å². The molecular formula is C15H21N3O2. The highest BCUT2D eigenvalue weighted by molar-refractivity contribution is 5.65. The van der Waals surface area contributed by atoms with Crippen LogP contribution in [0.1, 0.15) is 32.1 Å². The summed E-state index contributed by atoms with van der Waals surface area (Å²) in [6.07, 6.45) is 5.99. The van der Waals surface area contributed by atoms with E-state index in [9.17, 15) is 10.1 Å². The molecule has 0 atom stereocenters. The molecule has 5 nitrogen and oxygen atoms in total. The maximum Gasteiger partial charge on any atom is 0.292 e. The number of piperazine rings is 1. The van der Waals surface area contributed by atoms with E-state index in [1.165, 1.54) is 19.3 Å². The summed E-state index contributed by atoms with van der Waals surface area (Å²) in [6.45, 7) is 2.69. The molecule has 1 aromatic carbocycles. The van der Waals surface area contributed by atoms with Crippen LogP contribution >= 0.6 is 0 Å². The second-order valence-corrected chi connectivity index (χ2v) is 5.86. The van der Waals surface area contributed by atoms with Gasteiger partial charge in [0.15, 0.2) is 0 Å². The predicted molar refractivity (Wildman–Crippen MR) is 79.1 cm³/mol. The second-order valence-electron chi connectivity index (χ2n) is 5.86. The Bertz CT molecular complexity index is 489. The number of para-hydroxylation sites is 2. The number of rotatable bonds is 2. The highest BCUT2D eigenvalue weighted by Crippen LogP contribution is 2.40. The Labute approximate surface area is 119 Å². The van der Waals surface area contributed by atoms with Crippen LogP contribution in [0.4, 0.5) is 11.4 Å². The topological polar surface area (TPSA) is 58.4 Å². The lowest BCUT2D eigenvalue weighted by molar-refractivity contribution is -0.384. The molecule has 108 valence electrons. The fraction of sp³-hybridized carbons (Fsp3) is 0.600. The Hall–Kier alpha value is -1.62. The first-order chi connectivity index (χ1) is 9.73. The Morgan fingerprint density at radius 1 is 1.20 bits per heavy atom. The van der Waals surface area contributed by atoms with E-state index in [0.717, 1.165) is 38.2 Å². The van der Waals surface area contributed by atoms with Crippen LogP contribution in [0.3, 0.4) is 0 Å². The Balaban J connectivity index is 2.00. The summed E-state index contributed by atoms with van der Waals surface area (Å²) in [5.74, 6) is 0. The van der Waals surface area contributed by atoms with Crippen molar-refractivity contribution < 1.29 is 4.92 Å². The van der Waals surface area contributed by atoms with E-state index in [-0.39, 0.29) is 16.1 Å². The summed E-state index contributed by atoms with van der Waals surface area (Å²) in [4.78, 5) is 13.3. The molecule has 1 aromatic rings. The number of hydrogen-bond donors (Lipinski definition) is 1. The first kappa shape index (κ1) is 13.4. The number of nitrogens with zero attached hydrogens (tertiary/aromatic N) is 2. The Kier molecular flexibility index (Phi) is 3.61. The van der Waals surface area contributed by atoms with E-state index in [0.29, 0.717) is 0 Å². The Morgan fingerprint density at radius 2 is 1.95 bits per heavy atom. The average molecular weight is 275 g/mol. The van der Waals surface area contributed by atoms with E-state index in [1.807, 2.05) is 12.1 Å². The highest BCUT2D eigenvalue weighted by atomic mass is 16.6. The lowest BCUT2D eigenvalue weighted by atomic mass is 9.78. The van der Waals surface area contributed by atoms with Gasteiger partial charge in [0.2, 0.25) is 0 Å². The van der Waals surface area contributed by atoms with Crippen molar-refractivity contribution in [2.75, 3.05) is 24.5 Å². The van der Waals surface area contributed by atoms with E-state index in [4.69, 9.17) is 0 Å². The summed E-state index contributed by atoms with van der Waals surface area (Å²) in [7, 11) is 0. The number of nitrogens with one attached hydrogen (secondary N) is 1. The zero-order valence-corrected chi connectivity index (χ0v) is 11.7. The maximum atomic E-state index is 11.3. The summed E-state index contributed by atoms with van der Waals surface area (Å²) in [5, 5.41) is 14.8. The Morgan fingerprint density at radius 3 is 2.70 bits per heavy atom. The van der Waals surface area contributed by atoms with Crippen LogP contribution in [0.5, 0.6) is 0 Å². The molecule has 5 heteroatoms. The lowest BCUT2D eigenvalue weighted by Crippen LogP contribution is -2.62. The zero-order valence-electron chi connectivity index (χ0n) is 11.7. The van der Waals surface area contributed by atoms with Crippen LogP contribution in [-0.4, -0.2) is 30.1 Å². The van der Waals surface area contributed by atoms with Crippen LogP contribution in [-0.2, 0) is 0 Å². The first-order valence-corrected chi connectivity index (χ1v) is 7.45. The van der Waals surface area contributed by atoms with Gasteiger partial charge in [0.05, 0.1) is 10.5 Å². The zero-order chi connectivity index (χ0) is 14.0. The third-order valence-electron chi connectivity index (χ3n) is 4.69. The third-order valence-corrected chi connectivity index (χ3v) is 4.69. The van der Waals surface area contributed by atoms with E-state index < -0.39 is 0 Å². The summed E-state index contributed by atoms with van der Waals surface area (Å²) >= 11 is 0. The van der Waals surface area contributed by atoms with Crippen molar-refractivity contribution >= 4 is 11.4 Å². The van der Waals surface area contributed by atoms with Gasteiger partial charge in [0.1, 0.15) is 5.69 Å². The largest absolute Gasteiger partial charge is 0.358 e. The minimum atomic E-state index is -0.256. The predicted octanol–water partition coefficient (Wildman–Crippen LogP) is 2.71. The number of hydrogen-bond acceptors (Lipinski definition) is 4. The van der Waals surface area contributed by atoms with Crippen LogP contribution in [0.2, 0.25) is 0 Å². The van der Waals surface area contributed by atoms with Gasteiger partial charge in [-0.1, -0.05) is 31.4 Å². The van der Waals surface area contributed by atoms with Gasteiger partial charge in [0.25, 0.3) is 5.69 Å². The summed E-state index contributed by atoms with van der Waals surface area (Å²) < 4.78 is 0. The molecule has 2 aliphatic rings. The molecule has 1 saturated carbocycles. The minimum Gasteiger partial charge on any atom is -0.358 e. The fourth-order valence-corrected chi connectivity index (χ4v) is 3.72. The van der Waals surface area contributed by atoms with Crippen molar-refractivity contribution in [3.8, 4) is 0 Å². The van der Waals surface area contributed by atoms with Crippen molar-refractivity contribution in [3.05, 3.63) is 34.4 Å². The van der Waals surface area contributed by atoms with Crippen molar-refractivity contribution in [2.24, 2.45) is 0 Å². The second kappa shape index (κ2) is 5.40. The molecule has 0 aromatic heterocycles. The van der Waals surface area contributed by atoms with Crippen molar-refractivity contribution in [3.63, 3.8) is 0 Å². The monoisotopic (exact) mass is 275 g/mol. The van der Waals surface area contributed by atoms with Crippen molar-refractivity contribution in [2.45, 2.75) is 37.6 Å². The third kappa shape index (κ3) is 2.26. The van der Waals surface area contributed by atoms with Gasteiger partial charge in [-0.05, 0) is 18.9 Å². The molecule has 0 unspecified atom stereocenters. The smallest absolute Gasteiger partial charge is 0.292 e. The van der Waals surface area contributed by atoms with Gasteiger partial charge >= 0.3 is 0 Å². The molecule has 0 bridgehead atoms. The fourth-order valence-electron chi connectivity index (χ4n) is 3.72. The van der Waals surface area contributed by atoms with Crippen LogP contribution in [0, 0.1) is 10.1 Å². The molecule has 1 saturated heterocycles. The molecule has 1 aliphatic heterocycles. The molecule has 2 fully saturated rings. The van der Waals surface area contributed by atoms with Crippen molar-refractivity contribution in [1.82, 2.24) is 5.32 Å². The van der Waals surface area contributed by atoms with E-state index >= 15 is 0 Å². The van der Waals surface area contributed by atoms with E-state index in [1.54, 1.807) is 12.1 Å². The number of nitro groups is 1. The molecule has 1 spiro atoms. The number of benzene rings is 1. The molecular weight excluding hydrogens is 254 g/mol. The van der Waals surface area contributed by atoms with Crippen molar-refractivity contribution in [1.29, 1.82) is 0 Å². The number of anilines is 1. The van der Waals surface area contributed by atoms with Gasteiger partial charge in [-0.15, -0.1) is 0 Å². The first-order valence-electron chi connectivity index (χ1n) is 7.45. The highest BCUT2D eigenvalue weighted by Gasteiger charge is 2.41. The molecule has 1 heterocycles. The standard InChI is InChI=1S/C15H21N3O2/c19-18(20)14-7-3-2-6-13(14)17-11-10-16-12-15(17)8-4-1-5-9-15/h2-3,6-7,16H,1,4-5,8-12H2. The summed E-state index contributed by atoms with van der Waals surface area (Å²) in [6, 6.07) is 7.17. The van der Waals surface area contributed by atoms with Gasteiger partial charge in [-0.25, -0.2) is 0 Å². The van der Waals surface area contributed by atoms with Crippen LogP contribution < -0.4 is 10.2 Å². The van der Waals surface area contributed by atoms with Gasteiger partial charge in [-0.2, -0.15) is 0 Å². The molecule has 0 radical (unpaired) electrons. The molecule has 0 amide bonds. The quantitative estimate of drug-likeness (QED) is 0.666. The maximum absolute atomic E-state index is 11.3. The van der Waals surface area contributed by atoms with Gasteiger partial charge in [-0.3, -0.25) is 10.1 Å². The molecule has 1 aliphatic carbocycles. The van der Waals surface area contributed by atoms with E-state index in [2.05, 4.69) is 10.2 Å². The minimum absolute atomic E-state index is 0.0720. The average Bonchev–Trinajstić information content (AvgIpc) is 2.48. The SMILES string of the molecule is O=[N+]([O-])c1ccccc1N1CCNCC12CCCCC2. The van der Waals surface area contributed by atoms with Gasteiger partial charge < -0.3 is 10.2 Å².